The molecule has 0 bridgehead atoms. The zero-order chi connectivity index (χ0) is 9.97. The van der Waals surface area contributed by atoms with Gasteiger partial charge in [-0.05, 0) is 61.8 Å². The molecule has 0 spiro atoms. The van der Waals surface area contributed by atoms with E-state index in [1.165, 1.54) is 47.9 Å². The minimum Gasteiger partial charge on any atom is -0.264 e. The van der Waals surface area contributed by atoms with E-state index in [-0.39, 0.29) is 0 Å². The second-order valence-electron chi connectivity index (χ2n) is 4.12. The topological polar surface area (TPSA) is 12.9 Å². The van der Waals surface area contributed by atoms with Crippen LogP contribution in [0.25, 0.3) is 5.57 Å². The number of aryl methyl sites for hydroxylation is 2. The molecule has 0 unspecified atom stereocenters. The SMILES string of the molecule is Cc1cncc(C)c1C1=CCCCC1. The Kier molecular flexibility index (Phi) is 2.67. The molecule has 0 saturated carbocycles. The van der Waals surface area contributed by atoms with Crippen molar-refractivity contribution in [2.24, 2.45) is 0 Å². The Balaban J connectivity index is 2.44. The Hall–Kier alpha value is -1.11. The van der Waals surface area contributed by atoms with Crippen LogP contribution >= 0.6 is 0 Å². The van der Waals surface area contributed by atoms with Gasteiger partial charge in [-0.3, -0.25) is 4.98 Å². The third-order valence-corrected chi connectivity index (χ3v) is 2.94. The Morgan fingerprint density at radius 2 is 1.79 bits per heavy atom. The van der Waals surface area contributed by atoms with Gasteiger partial charge in [0.2, 0.25) is 0 Å². The first-order valence-corrected chi connectivity index (χ1v) is 5.39. The van der Waals surface area contributed by atoms with Gasteiger partial charge in [0.1, 0.15) is 0 Å². The van der Waals surface area contributed by atoms with E-state index in [2.05, 4.69) is 24.9 Å². The Bertz CT molecular complexity index is 343. The van der Waals surface area contributed by atoms with Gasteiger partial charge in [0, 0.05) is 12.4 Å². The van der Waals surface area contributed by atoms with Gasteiger partial charge in [-0.15, -0.1) is 0 Å². The highest BCUT2D eigenvalue weighted by atomic mass is 14.6. The van der Waals surface area contributed by atoms with E-state index in [1.54, 1.807) is 0 Å². The van der Waals surface area contributed by atoms with E-state index in [1.807, 2.05) is 12.4 Å². The van der Waals surface area contributed by atoms with Gasteiger partial charge in [0.25, 0.3) is 0 Å². The highest BCUT2D eigenvalue weighted by Crippen LogP contribution is 2.30. The van der Waals surface area contributed by atoms with E-state index < -0.39 is 0 Å². The average molecular weight is 187 g/mol. The van der Waals surface area contributed by atoms with E-state index >= 15 is 0 Å². The lowest BCUT2D eigenvalue weighted by molar-refractivity contribution is 0.741. The van der Waals surface area contributed by atoms with Crippen LogP contribution in [0, 0.1) is 13.8 Å². The summed E-state index contributed by atoms with van der Waals surface area (Å²) in [5.41, 5.74) is 5.62. The van der Waals surface area contributed by atoms with Crippen LogP contribution in [-0.4, -0.2) is 4.98 Å². The standard InChI is InChI=1S/C13H17N/c1-10-8-14-9-11(2)13(10)12-6-4-3-5-7-12/h6,8-9H,3-5,7H2,1-2H3. The molecular weight excluding hydrogens is 170 g/mol. The van der Waals surface area contributed by atoms with E-state index in [0.29, 0.717) is 0 Å². The van der Waals surface area contributed by atoms with Crippen LogP contribution < -0.4 is 0 Å². The molecule has 0 radical (unpaired) electrons. The third kappa shape index (κ3) is 1.72. The van der Waals surface area contributed by atoms with Crippen LogP contribution in [0.3, 0.4) is 0 Å². The van der Waals surface area contributed by atoms with Crippen molar-refractivity contribution in [1.29, 1.82) is 0 Å². The summed E-state index contributed by atoms with van der Waals surface area (Å²) in [5.74, 6) is 0. The first-order valence-electron chi connectivity index (χ1n) is 5.39. The van der Waals surface area contributed by atoms with Gasteiger partial charge >= 0.3 is 0 Å². The summed E-state index contributed by atoms with van der Waals surface area (Å²) in [6, 6.07) is 0. The van der Waals surface area contributed by atoms with Gasteiger partial charge in [0.15, 0.2) is 0 Å². The molecule has 1 heteroatoms. The normalized spacial score (nSPS) is 16.6. The fraction of sp³-hybridized carbons (Fsp3) is 0.462. The van der Waals surface area contributed by atoms with E-state index in [9.17, 15) is 0 Å². The number of hydrogen-bond donors (Lipinski definition) is 0. The van der Waals surface area contributed by atoms with Crippen molar-refractivity contribution in [2.75, 3.05) is 0 Å². The van der Waals surface area contributed by atoms with Crippen molar-refractivity contribution in [1.82, 2.24) is 4.98 Å². The van der Waals surface area contributed by atoms with Crippen LogP contribution in [-0.2, 0) is 0 Å². The molecule has 1 aliphatic rings. The maximum atomic E-state index is 4.21. The molecule has 1 aliphatic carbocycles. The number of hydrogen-bond acceptors (Lipinski definition) is 1. The van der Waals surface area contributed by atoms with Crippen molar-refractivity contribution in [3.05, 3.63) is 35.2 Å². The molecule has 1 aromatic rings. The second-order valence-corrected chi connectivity index (χ2v) is 4.12. The molecule has 0 atom stereocenters. The second kappa shape index (κ2) is 3.95. The average Bonchev–Trinajstić information content (AvgIpc) is 2.19. The number of nitrogens with zero attached hydrogens (tertiary/aromatic N) is 1. The van der Waals surface area contributed by atoms with Crippen LogP contribution in [0.2, 0.25) is 0 Å². The first kappa shape index (κ1) is 9.45. The number of pyridine rings is 1. The minimum atomic E-state index is 1.24. The van der Waals surface area contributed by atoms with Crippen molar-refractivity contribution in [3.8, 4) is 0 Å². The molecular formula is C13H17N. The van der Waals surface area contributed by atoms with Crippen LogP contribution in [0.15, 0.2) is 18.5 Å². The smallest absolute Gasteiger partial charge is 0.0303 e. The third-order valence-electron chi connectivity index (χ3n) is 2.94. The molecule has 1 nitrogen and oxygen atoms in total. The largest absolute Gasteiger partial charge is 0.264 e. The van der Waals surface area contributed by atoms with Crippen molar-refractivity contribution in [3.63, 3.8) is 0 Å². The monoisotopic (exact) mass is 187 g/mol. The molecule has 0 aliphatic heterocycles. The summed E-state index contributed by atoms with van der Waals surface area (Å²) < 4.78 is 0. The quantitative estimate of drug-likeness (QED) is 0.654. The summed E-state index contributed by atoms with van der Waals surface area (Å²) in [4.78, 5) is 4.21. The van der Waals surface area contributed by atoms with Gasteiger partial charge in [-0.1, -0.05) is 6.08 Å². The van der Waals surface area contributed by atoms with Gasteiger partial charge in [-0.25, -0.2) is 0 Å². The van der Waals surface area contributed by atoms with Crippen molar-refractivity contribution >= 4 is 5.57 Å². The zero-order valence-electron chi connectivity index (χ0n) is 9.01. The predicted octanol–water partition coefficient (Wildman–Crippen LogP) is 3.66. The van der Waals surface area contributed by atoms with Crippen LogP contribution in [0.5, 0.6) is 0 Å². The predicted molar refractivity (Wildman–Crippen MR) is 60.2 cm³/mol. The molecule has 14 heavy (non-hydrogen) atoms. The molecule has 0 saturated heterocycles. The molecule has 2 rings (SSSR count). The fourth-order valence-electron chi connectivity index (χ4n) is 2.27. The highest BCUT2D eigenvalue weighted by molar-refractivity contribution is 5.70. The Labute approximate surface area is 85.9 Å². The van der Waals surface area contributed by atoms with E-state index in [4.69, 9.17) is 0 Å². The maximum absolute atomic E-state index is 4.21. The molecule has 1 aromatic heterocycles. The zero-order valence-corrected chi connectivity index (χ0v) is 9.01. The van der Waals surface area contributed by atoms with Gasteiger partial charge in [-0.2, -0.15) is 0 Å². The molecule has 0 aromatic carbocycles. The highest BCUT2D eigenvalue weighted by Gasteiger charge is 2.10. The number of aromatic nitrogens is 1. The van der Waals surface area contributed by atoms with Crippen LogP contribution in [0.4, 0.5) is 0 Å². The van der Waals surface area contributed by atoms with Gasteiger partial charge < -0.3 is 0 Å². The van der Waals surface area contributed by atoms with Gasteiger partial charge in [0.05, 0.1) is 0 Å². The lowest BCUT2D eigenvalue weighted by atomic mass is 9.90. The molecule has 74 valence electrons. The Morgan fingerprint density at radius 3 is 2.36 bits per heavy atom. The van der Waals surface area contributed by atoms with Crippen molar-refractivity contribution in [2.45, 2.75) is 39.5 Å². The molecule has 0 fully saturated rings. The first-order chi connectivity index (χ1) is 6.79. The fourth-order valence-corrected chi connectivity index (χ4v) is 2.27. The molecule has 0 amide bonds. The summed E-state index contributed by atoms with van der Waals surface area (Å²) in [6.45, 7) is 4.32. The van der Waals surface area contributed by atoms with Crippen LogP contribution in [0.1, 0.15) is 42.4 Å². The van der Waals surface area contributed by atoms with E-state index in [0.717, 1.165) is 0 Å². The molecule has 0 N–H and O–H groups in total. The summed E-state index contributed by atoms with van der Waals surface area (Å²) in [7, 11) is 0. The summed E-state index contributed by atoms with van der Waals surface area (Å²) >= 11 is 0. The maximum Gasteiger partial charge on any atom is 0.0303 e. The lowest BCUT2D eigenvalue weighted by Gasteiger charge is -2.16. The van der Waals surface area contributed by atoms with Crippen molar-refractivity contribution < 1.29 is 0 Å². The summed E-state index contributed by atoms with van der Waals surface area (Å²) in [5, 5.41) is 0. The minimum absolute atomic E-state index is 1.24. The number of rotatable bonds is 1. The molecule has 1 heterocycles. The summed E-state index contributed by atoms with van der Waals surface area (Å²) in [6.07, 6.45) is 11.5. The number of allylic oxidation sites excluding steroid dienone is 2. The lowest BCUT2D eigenvalue weighted by Crippen LogP contribution is -1.98. The Morgan fingerprint density at radius 1 is 1.07 bits per heavy atom.